The fraction of sp³-hybridized carbons (Fsp3) is 0.0909. The van der Waals surface area contributed by atoms with Crippen molar-refractivity contribution in [2.24, 2.45) is 0 Å². The number of ether oxygens (including phenoxy) is 1. The summed E-state index contributed by atoms with van der Waals surface area (Å²) in [4.78, 5) is 18.0. The number of halogens is 1. The molecule has 152 valence electrons. The number of fused-ring (bicyclic) bond motifs is 1. The van der Waals surface area contributed by atoms with Gasteiger partial charge in [-0.25, -0.2) is 4.98 Å². The van der Waals surface area contributed by atoms with Gasteiger partial charge in [-0.1, -0.05) is 53.8 Å². The highest BCUT2D eigenvalue weighted by Crippen LogP contribution is 2.35. The number of hydrogen-bond donors (Lipinski definition) is 2. The van der Waals surface area contributed by atoms with Gasteiger partial charge in [0.1, 0.15) is 0 Å². The smallest absolute Gasteiger partial charge is 0.274 e. The van der Waals surface area contributed by atoms with E-state index in [4.69, 9.17) is 16.3 Å². The van der Waals surface area contributed by atoms with Crippen molar-refractivity contribution >= 4 is 39.7 Å². The molecule has 2 heterocycles. The monoisotopic (exact) mass is 439 g/mol. The van der Waals surface area contributed by atoms with Crippen molar-refractivity contribution in [3.8, 4) is 22.8 Å². The number of aromatic nitrogens is 2. The average Bonchev–Trinajstić information content (AvgIpc) is 3.29. The van der Waals surface area contributed by atoms with Crippen LogP contribution in [-0.4, -0.2) is 28.6 Å². The first-order chi connectivity index (χ1) is 14.4. The zero-order valence-corrected chi connectivity index (χ0v) is 17.8. The van der Waals surface area contributed by atoms with E-state index in [1.54, 1.807) is 24.4 Å². The highest BCUT2D eigenvalue weighted by Gasteiger charge is 2.12. The number of imidazole rings is 1. The Bertz CT molecular complexity index is 1370. The van der Waals surface area contributed by atoms with Crippen LogP contribution in [-0.2, 0) is 0 Å². The maximum absolute atomic E-state index is 12.8. The van der Waals surface area contributed by atoms with E-state index in [-0.39, 0.29) is 22.1 Å². The number of methoxy groups -OCH3 is 1. The second kappa shape index (κ2) is 7.85. The van der Waals surface area contributed by atoms with Gasteiger partial charge in [0.2, 0.25) is 0 Å². The summed E-state index contributed by atoms with van der Waals surface area (Å²) in [6.45, 7) is 3.95. The van der Waals surface area contributed by atoms with Gasteiger partial charge in [-0.15, -0.1) is 0 Å². The molecule has 4 aromatic rings. The molecule has 0 radical (unpaired) electrons. The van der Waals surface area contributed by atoms with Crippen molar-refractivity contribution < 1.29 is 9.84 Å². The summed E-state index contributed by atoms with van der Waals surface area (Å²) in [6, 6.07) is 11.0. The topological polar surface area (TPSA) is 75.9 Å². The predicted octanol–water partition coefficient (Wildman–Crippen LogP) is 3.53. The van der Waals surface area contributed by atoms with Gasteiger partial charge in [0.15, 0.2) is 16.5 Å². The van der Waals surface area contributed by atoms with Gasteiger partial charge in [-0.2, -0.15) is 0 Å². The number of nitrogens with one attached hydrogen (secondary N) is 1. The van der Waals surface area contributed by atoms with Gasteiger partial charge in [0, 0.05) is 24.5 Å². The third kappa shape index (κ3) is 3.53. The molecule has 0 aliphatic heterocycles. The van der Waals surface area contributed by atoms with E-state index in [2.05, 4.69) is 16.9 Å². The molecule has 0 unspecified atom stereocenters. The van der Waals surface area contributed by atoms with Crippen LogP contribution in [0.3, 0.4) is 0 Å². The Hall–Kier alpha value is -3.29. The van der Waals surface area contributed by atoms with E-state index in [0.29, 0.717) is 15.1 Å². The van der Waals surface area contributed by atoms with Gasteiger partial charge in [0.05, 0.1) is 22.4 Å². The molecule has 0 aliphatic carbocycles. The van der Waals surface area contributed by atoms with Gasteiger partial charge in [-0.05, 0) is 29.3 Å². The molecule has 4 rings (SSSR count). The molecule has 0 fully saturated rings. The number of benzene rings is 2. The summed E-state index contributed by atoms with van der Waals surface area (Å²) in [5.74, 6) is 0.114. The number of phenols is 1. The van der Waals surface area contributed by atoms with Crippen molar-refractivity contribution in [3.05, 3.63) is 80.2 Å². The van der Waals surface area contributed by atoms with Crippen LogP contribution >= 0.6 is 22.9 Å². The van der Waals surface area contributed by atoms with E-state index in [1.165, 1.54) is 22.8 Å². The standard InChI is InChI=1S/C22H18ClN3O3S/c1-12(24-2)14-4-6-15(7-5-14)17-11-26-21(28)19(30-22(26)25-17)10-13-8-16(23)20(27)18(9-13)29-3/h4-11,24,27H,1H2,2-3H3/b19-10-. The van der Waals surface area contributed by atoms with Gasteiger partial charge in [-0.3, -0.25) is 9.20 Å². The first-order valence-corrected chi connectivity index (χ1v) is 10.2. The molecule has 0 bridgehead atoms. The molecule has 0 atom stereocenters. The van der Waals surface area contributed by atoms with Crippen LogP contribution in [0.15, 0.2) is 54.0 Å². The molecule has 30 heavy (non-hydrogen) atoms. The Labute approximate surface area is 181 Å². The third-order valence-corrected chi connectivity index (χ3v) is 5.97. The second-order valence-corrected chi connectivity index (χ2v) is 7.97. The Kier molecular flexibility index (Phi) is 5.24. The SMILES string of the molecule is C=C(NC)c1ccc(-c2cn3c(=O)/c(=C/c4cc(Cl)c(O)c(OC)c4)sc3n2)cc1. The molecule has 0 spiro atoms. The lowest BCUT2D eigenvalue weighted by Crippen LogP contribution is -2.22. The molecule has 2 aromatic carbocycles. The highest BCUT2D eigenvalue weighted by atomic mass is 35.5. The first kappa shape index (κ1) is 20.0. The number of aromatic hydroxyl groups is 1. The number of rotatable bonds is 5. The van der Waals surface area contributed by atoms with Crippen LogP contribution in [0.5, 0.6) is 11.5 Å². The maximum atomic E-state index is 12.8. The molecule has 6 nitrogen and oxygen atoms in total. The molecular weight excluding hydrogens is 422 g/mol. The van der Waals surface area contributed by atoms with Crippen LogP contribution < -0.4 is 20.1 Å². The fourth-order valence-electron chi connectivity index (χ4n) is 3.04. The Morgan fingerprint density at radius 3 is 2.70 bits per heavy atom. The molecular formula is C22H18ClN3O3S. The quantitative estimate of drug-likeness (QED) is 0.497. The zero-order chi connectivity index (χ0) is 21.4. The number of hydrogen-bond acceptors (Lipinski definition) is 6. The molecule has 0 aliphatic rings. The van der Waals surface area contributed by atoms with E-state index in [9.17, 15) is 9.90 Å². The van der Waals surface area contributed by atoms with Crippen LogP contribution in [0.25, 0.3) is 28.0 Å². The van der Waals surface area contributed by atoms with E-state index < -0.39 is 0 Å². The number of thiazole rings is 1. The summed E-state index contributed by atoms with van der Waals surface area (Å²) in [6.07, 6.45) is 3.44. The second-order valence-electron chi connectivity index (χ2n) is 6.55. The largest absolute Gasteiger partial charge is 0.503 e. The predicted molar refractivity (Wildman–Crippen MR) is 121 cm³/mol. The molecule has 0 amide bonds. The molecule has 8 heteroatoms. The Morgan fingerprint density at radius 1 is 1.33 bits per heavy atom. The van der Waals surface area contributed by atoms with E-state index in [0.717, 1.165) is 22.5 Å². The minimum atomic E-state index is -0.169. The van der Waals surface area contributed by atoms with Crippen LogP contribution in [0.2, 0.25) is 5.02 Å². The summed E-state index contributed by atoms with van der Waals surface area (Å²) >= 11 is 7.32. The lowest BCUT2D eigenvalue weighted by Gasteiger charge is -2.05. The molecule has 0 saturated carbocycles. The lowest BCUT2D eigenvalue weighted by molar-refractivity contribution is 0.373. The molecule has 2 aromatic heterocycles. The summed E-state index contributed by atoms with van der Waals surface area (Å²) in [7, 11) is 3.27. The van der Waals surface area contributed by atoms with Crippen LogP contribution in [0, 0.1) is 0 Å². The van der Waals surface area contributed by atoms with Gasteiger partial charge in [0.25, 0.3) is 5.56 Å². The zero-order valence-electron chi connectivity index (χ0n) is 16.3. The van der Waals surface area contributed by atoms with Crippen LogP contribution in [0.4, 0.5) is 0 Å². The van der Waals surface area contributed by atoms with Gasteiger partial charge < -0.3 is 15.2 Å². The number of phenolic OH excluding ortho intramolecular Hbond substituents is 1. The molecule has 2 N–H and O–H groups in total. The minimum Gasteiger partial charge on any atom is -0.503 e. The lowest BCUT2D eigenvalue weighted by atomic mass is 10.1. The van der Waals surface area contributed by atoms with E-state index in [1.807, 2.05) is 31.3 Å². The van der Waals surface area contributed by atoms with Gasteiger partial charge >= 0.3 is 0 Å². The summed E-state index contributed by atoms with van der Waals surface area (Å²) < 4.78 is 7.16. The highest BCUT2D eigenvalue weighted by molar-refractivity contribution is 7.15. The normalized spacial score (nSPS) is 11.8. The van der Waals surface area contributed by atoms with Crippen LogP contribution in [0.1, 0.15) is 11.1 Å². The maximum Gasteiger partial charge on any atom is 0.274 e. The Morgan fingerprint density at radius 2 is 2.07 bits per heavy atom. The van der Waals surface area contributed by atoms with Crippen molar-refractivity contribution in [2.45, 2.75) is 0 Å². The Balaban J connectivity index is 1.73. The number of nitrogens with zero attached hydrogens (tertiary/aromatic N) is 2. The van der Waals surface area contributed by atoms with E-state index >= 15 is 0 Å². The first-order valence-electron chi connectivity index (χ1n) is 8.99. The van der Waals surface area contributed by atoms with Crippen molar-refractivity contribution in [1.82, 2.24) is 14.7 Å². The van der Waals surface area contributed by atoms with Crippen molar-refractivity contribution in [3.63, 3.8) is 0 Å². The molecule has 0 saturated heterocycles. The third-order valence-electron chi connectivity index (χ3n) is 4.70. The summed E-state index contributed by atoms with van der Waals surface area (Å²) in [5.41, 5.74) is 3.94. The fourth-order valence-corrected chi connectivity index (χ4v) is 4.22. The minimum absolute atomic E-state index is 0.131. The summed E-state index contributed by atoms with van der Waals surface area (Å²) in [5, 5.41) is 13.0. The average molecular weight is 440 g/mol. The van der Waals surface area contributed by atoms with Crippen molar-refractivity contribution in [2.75, 3.05) is 14.2 Å². The van der Waals surface area contributed by atoms with Crippen molar-refractivity contribution in [1.29, 1.82) is 0 Å².